The van der Waals surface area contributed by atoms with E-state index in [2.05, 4.69) is 244 Å². The Hall–Kier alpha value is -9.00. The molecule has 3 aromatic heterocycles. The first-order chi connectivity index (χ1) is 36.2. The van der Waals surface area contributed by atoms with Crippen LogP contribution < -0.4 is 19.4 Å². The molecule has 2 aliphatic carbocycles. The summed E-state index contributed by atoms with van der Waals surface area (Å²) in [5.74, 6) is 1.19. The lowest BCUT2D eigenvalue weighted by Crippen LogP contribution is -2.41. The van der Waals surface area contributed by atoms with Gasteiger partial charge in [-0.05, 0) is 109 Å². The van der Waals surface area contributed by atoms with E-state index >= 15 is 0 Å². The summed E-state index contributed by atoms with van der Waals surface area (Å²) in [5, 5.41) is 6.09. The van der Waals surface area contributed by atoms with Crippen molar-refractivity contribution in [1.29, 1.82) is 0 Å². The number of hydrogen-bond donors (Lipinski definition) is 0. The lowest BCUT2D eigenvalue weighted by atomic mass is 9.81. The second-order valence-electron chi connectivity index (χ2n) is 20.2. The maximum atomic E-state index is 6.71. The molecule has 0 bridgehead atoms. The van der Waals surface area contributed by atoms with Gasteiger partial charge < -0.3 is 28.3 Å². The monoisotopic (exact) mass is 940 g/mol. The van der Waals surface area contributed by atoms with Crippen LogP contribution in [0.15, 0.2) is 223 Å². The van der Waals surface area contributed by atoms with Crippen LogP contribution >= 0.6 is 0 Å². The average molecular weight is 941 g/mol. The second-order valence-corrected chi connectivity index (χ2v) is 20.2. The second kappa shape index (κ2) is 15.5. The van der Waals surface area contributed by atoms with Crippen molar-refractivity contribution in [3.8, 4) is 5.75 Å². The SMILES string of the molecule is Cc1c(N(c2ccccc2)c2cccc3oc4ccccc4c23)ccc2c1N(c1ccccc1)C1Cc3c(n4c5ccccc5c5c(N(c6ccccc6)C6C=CCC7Oc8ccccc8C76)ccc3c54)C=C21. The minimum atomic E-state index is 0.0413. The average Bonchev–Trinajstić information content (AvgIpc) is 4.29. The van der Waals surface area contributed by atoms with E-state index in [-0.39, 0.29) is 24.1 Å². The van der Waals surface area contributed by atoms with Gasteiger partial charge in [0.25, 0.3) is 0 Å². The number of rotatable bonds is 7. The zero-order valence-electron chi connectivity index (χ0n) is 40.2. The third-order valence-electron chi connectivity index (χ3n) is 16.5. The van der Waals surface area contributed by atoms with E-state index < -0.39 is 0 Å². The number of hydrogen-bond acceptors (Lipinski definition) is 5. The molecule has 0 N–H and O–H groups in total. The van der Waals surface area contributed by atoms with Gasteiger partial charge in [-0.3, -0.25) is 0 Å². The van der Waals surface area contributed by atoms with Gasteiger partial charge in [0.05, 0.1) is 56.9 Å². The molecular formula is C67H48N4O2. The van der Waals surface area contributed by atoms with Crippen LogP contribution in [0, 0.1) is 6.92 Å². The van der Waals surface area contributed by atoms with Crippen LogP contribution in [0.5, 0.6) is 5.75 Å². The quantitative estimate of drug-likeness (QED) is 0.149. The molecule has 6 heteroatoms. The molecule has 4 unspecified atom stereocenters. The largest absolute Gasteiger partial charge is 0.489 e. The molecule has 348 valence electrons. The van der Waals surface area contributed by atoms with Crippen molar-refractivity contribution in [1.82, 2.24) is 4.40 Å². The van der Waals surface area contributed by atoms with E-state index in [9.17, 15) is 0 Å². The van der Waals surface area contributed by atoms with Crippen LogP contribution in [0.3, 0.4) is 0 Å². The first-order valence-corrected chi connectivity index (χ1v) is 25.7. The summed E-state index contributed by atoms with van der Waals surface area (Å²) >= 11 is 0. The zero-order valence-corrected chi connectivity index (χ0v) is 40.2. The first kappa shape index (κ1) is 40.7. The fraction of sp³-hybridized carbons (Fsp3) is 0.104. The smallest absolute Gasteiger partial charge is 0.137 e. The van der Waals surface area contributed by atoms with Crippen LogP contribution in [0.25, 0.3) is 60.8 Å². The zero-order chi connectivity index (χ0) is 47.9. The molecule has 4 aliphatic rings. The number of nitrogens with zero attached hydrogens (tertiary/aromatic N) is 4. The topological polar surface area (TPSA) is 36.5 Å². The minimum absolute atomic E-state index is 0.0413. The van der Waals surface area contributed by atoms with Gasteiger partial charge in [0.15, 0.2) is 0 Å². The summed E-state index contributed by atoms with van der Waals surface area (Å²) in [5.41, 5.74) is 20.2. The molecule has 6 nitrogen and oxygen atoms in total. The van der Waals surface area contributed by atoms with Gasteiger partial charge in [-0.15, -0.1) is 0 Å². The minimum Gasteiger partial charge on any atom is -0.489 e. The van der Waals surface area contributed by atoms with Crippen LogP contribution in [-0.4, -0.2) is 22.6 Å². The normalized spacial score (nSPS) is 18.5. The third-order valence-corrected chi connectivity index (χ3v) is 16.5. The van der Waals surface area contributed by atoms with E-state index in [0.29, 0.717) is 0 Å². The van der Waals surface area contributed by atoms with E-state index in [0.717, 1.165) is 57.6 Å². The highest BCUT2D eigenvalue weighted by Gasteiger charge is 2.45. The number of fused-ring (bicyclic) bond motifs is 15. The molecule has 0 spiro atoms. The molecule has 0 amide bonds. The summed E-state index contributed by atoms with van der Waals surface area (Å²) in [6, 6.07) is 75.2. The van der Waals surface area contributed by atoms with Crippen molar-refractivity contribution in [3.05, 3.63) is 246 Å². The van der Waals surface area contributed by atoms with Gasteiger partial charge >= 0.3 is 0 Å². The predicted molar refractivity (Wildman–Crippen MR) is 300 cm³/mol. The van der Waals surface area contributed by atoms with Crippen molar-refractivity contribution in [2.24, 2.45) is 0 Å². The van der Waals surface area contributed by atoms with E-state index in [4.69, 9.17) is 9.15 Å². The van der Waals surface area contributed by atoms with Crippen molar-refractivity contribution in [2.75, 3.05) is 14.7 Å². The molecule has 16 rings (SSSR count). The Morgan fingerprint density at radius 3 is 2.14 bits per heavy atom. The highest BCUT2D eigenvalue weighted by Crippen LogP contribution is 2.57. The number of aromatic nitrogens is 1. The Labute approximate surface area is 422 Å². The highest BCUT2D eigenvalue weighted by atomic mass is 16.5. The maximum absolute atomic E-state index is 6.71. The Morgan fingerprint density at radius 2 is 1.29 bits per heavy atom. The highest BCUT2D eigenvalue weighted by molar-refractivity contribution is 6.23. The summed E-state index contributed by atoms with van der Waals surface area (Å²) in [6.45, 7) is 2.32. The van der Waals surface area contributed by atoms with Gasteiger partial charge in [-0.25, -0.2) is 0 Å². The number of ether oxygens (including phenoxy) is 1. The summed E-state index contributed by atoms with van der Waals surface area (Å²) in [7, 11) is 0. The summed E-state index contributed by atoms with van der Waals surface area (Å²) < 4.78 is 15.8. The number of anilines is 7. The standard InChI is InChI=1S/C67H48N4O2/c1-41-52(68(42-19-5-2-6-20-42)54-29-17-33-61-63(54)48-26-12-15-31-59(48)72-61)37-35-45-50-40-58-51(39-57(50)70(66(41)45)44-23-9-4-10-24-44)46-36-38-56(65-47-25-11-14-28-53(47)71(58)67(46)65)69(43-21-7-3-8-22-43)55-30-18-34-62-64(55)49-27-13-16-32-60(49)73-62/h2-33,35-38,40,55,57,62,64H,34,39H2,1H3. The Morgan fingerprint density at radius 1 is 0.575 bits per heavy atom. The van der Waals surface area contributed by atoms with Gasteiger partial charge in [-0.1, -0.05) is 140 Å². The molecular weight excluding hydrogens is 893 g/mol. The predicted octanol–water partition coefficient (Wildman–Crippen LogP) is 17.0. The molecule has 0 radical (unpaired) electrons. The van der Waals surface area contributed by atoms with Gasteiger partial charge in [0.1, 0.15) is 23.0 Å². The van der Waals surface area contributed by atoms with E-state index in [1.165, 1.54) is 83.5 Å². The van der Waals surface area contributed by atoms with Crippen molar-refractivity contribution >= 4 is 101 Å². The Balaban J connectivity index is 0.908. The number of para-hydroxylation sites is 6. The number of furan rings is 1. The molecule has 0 saturated heterocycles. The molecule has 12 aromatic rings. The molecule has 9 aromatic carbocycles. The van der Waals surface area contributed by atoms with Crippen LogP contribution in [0.1, 0.15) is 40.3 Å². The van der Waals surface area contributed by atoms with Crippen molar-refractivity contribution in [3.63, 3.8) is 0 Å². The summed E-state index contributed by atoms with van der Waals surface area (Å²) in [6.07, 6.45) is 9.15. The molecule has 0 fully saturated rings. The van der Waals surface area contributed by atoms with Crippen molar-refractivity contribution < 1.29 is 9.15 Å². The molecule has 5 heterocycles. The third kappa shape index (κ3) is 5.75. The van der Waals surface area contributed by atoms with Gasteiger partial charge in [0.2, 0.25) is 0 Å². The fourth-order valence-corrected chi connectivity index (χ4v) is 13.6. The molecule has 0 saturated carbocycles. The fourth-order valence-electron chi connectivity index (χ4n) is 13.6. The van der Waals surface area contributed by atoms with Gasteiger partial charge in [-0.2, -0.15) is 0 Å². The van der Waals surface area contributed by atoms with Crippen LogP contribution in [-0.2, 0) is 6.42 Å². The Kier molecular flexibility index (Phi) is 8.64. The lowest BCUT2D eigenvalue weighted by Gasteiger charge is -2.39. The van der Waals surface area contributed by atoms with Crippen LogP contribution in [0.4, 0.5) is 39.8 Å². The van der Waals surface area contributed by atoms with Crippen molar-refractivity contribution in [2.45, 2.75) is 43.9 Å². The van der Waals surface area contributed by atoms with Gasteiger partial charge in [0, 0.05) is 68.5 Å². The molecule has 2 aliphatic heterocycles. The van der Waals surface area contributed by atoms with E-state index in [1.54, 1.807) is 0 Å². The maximum Gasteiger partial charge on any atom is 0.137 e. The van der Waals surface area contributed by atoms with E-state index in [1.807, 2.05) is 6.07 Å². The number of benzene rings is 9. The molecule has 73 heavy (non-hydrogen) atoms. The lowest BCUT2D eigenvalue weighted by molar-refractivity contribution is 0.196. The Bertz CT molecular complexity index is 4250. The van der Waals surface area contributed by atoms with Crippen LogP contribution in [0.2, 0.25) is 0 Å². The molecule has 4 atom stereocenters. The summed E-state index contributed by atoms with van der Waals surface area (Å²) in [4.78, 5) is 7.69. The first-order valence-electron chi connectivity index (χ1n) is 25.7.